The molecule has 0 saturated heterocycles. The molecule has 6 heteroatoms. The normalized spacial score (nSPS) is 10.8. The average Bonchev–Trinajstić information content (AvgIpc) is 3.18. The smallest absolute Gasteiger partial charge is 0.258 e. The first kappa shape index (κ1) is 16.1. The second-order valence-electron chi connectivity index (χ2n) is 5.62. The van der Waals surface area contributed by atoms with Crippen LogP contribution in [0.5, 0.6) is 11.6 Å². The molecule has 4 aromatic rings. The van der Waals surface area contributed by atoms with Crippen molar-refractivity contribution < 1.29 is 14.0 Å². The number of pyridine rings is 1. The molecule has 130 valence electrons. The summed E-state index contributed by atoms with van der Waals surface area (Å²) in [6.07, 6.45) is 0. The Hall–Kier alpha value is -3.41. The first-order valence-corrected chi connectivity index (χ1v) is 8.29. The molecular weight excluding hydrogens is 330 g/mol. The summed E-state index contributed by atoms with van der Waals surface area (Å²) in [5, 5.41) is 5.03. The van der Waals surface area contributed by atoms with E-state index in [-0.39, 0.29) is 0 Å². The lowest BCUT2D eigenvalue weighted by atomic mass is 10.1. The molecule has 0 bridgehead atoms. The number of benzene rings is 2. The number of aromatic nitrogens is 3. The summed E-state index contributed by atoms with van der Waals surface area (Å²) in [5.74, 6) is 2.12. The van der Waals surface area contributed by atoms with Gasteiger partial charge in [-0.15, -0.1) is 0 Å². The second-order valence-corrected chi connectivity index (χ2v) is 5.62. The molecule has 0 amide bonds. The van der Waals surface area contributed by atoms with Gasteiger partial charge in [-0.2, -0.15) is 4.98 Å². The second kappa shape index (κ2) is 6.84. The fourth-order valence-corrected chi connectivity index (χ4v) is 2.70. The lowest BCUT2D eigenvalue weighted by molar-refractivity contribution is 0.329. The quantitative estimate of drug-likeness (QED) is 0.534. The van der Waals surface area contributed by atoms with Crippen LogP contribution in [0.15, 0.2) is 59.1 Å². The van der Waals surface area contributed by atoms with Crippen LogP contribution in [0, 0.1) is 0 Å². The summed E-state index contributed by atoms with van der Waals surface area (Å²) in [6.45, 7) is 2.40. The molecule has 0 N–H and O–H groups in total. The molecule has 2 aromatic heterocycles. The van der Waals surface area contributed by atoms with Crippen LogP contribution in [0.2, 0.25) is 0 Å². The summed E-state index contributed by atoms with van der Waals surface area (Å²) in [6, 6.07) is 17.3. The minimum absolute atomic E-state index is 0.435. The largest absolute Gasteiger partial charge is 0.497 e. The maximum absolute atomic E-state index is 5.71. The van der Waals surface area contributed by atoms with Gasteiger partial charge in [0.1, 0.15) is 5.75 Å². The van der Waals surface area contributed by atoms with Crippen LogP contribution in [0.25, 0.3) is 33.7 Å². The number of rotatable bonds is 5. The third-order valence-corrected chi connectivity index (χ3v) is 3.96. The van der Waals surface area contributed by atoms with E-state index in [4.69, 9.17) is 14.0 Å². The van der Waals surface area contributed by atoms with Crippen molar-refractivity contribution in [3.8, 4) is 34.5 Å². The van der Waals surface area contributed by atoms with Crippen LogP contribution in [0.3, 0.4) is 0 Å². The van der Waals surface area contributed by atoms with Gasteiger partial charge >= 0.3 is 0 Å². The summed E-state index contributed by atoms with van der Waals surface area (Å²) in [7, 11) is 1.63. The minimum Gasteiger partial charge on any atom is -0.497 e. The maximum atomic E-state index is 5.71. The Morgan fingerprint density at radius 2 is 1.85 bits per heavy atom. The molecule has 0 spiro atoms. The van der Waals surface area contributed by atoms with E-state index in [2.05, 4.69) is 15.1 Å². The van der Waals surface area contributed by atoms with Gasteiger partial charge in [0.05, 0.1) is 24.8 Å². The number of nitrogens with zero attached hydrogens (tertiary/aromatic N) is 3. The van der Waals surface area contributed by atoms with Crippen molar-refractivity contribution in [2.75, 3.05) is 13.7 Å². The number of hydrogen-bond donors (Lipinski definition) is 0. The third-order valence-electron chi connectivity index (χ3n) is 3.96. The van der Waals surface area contributed by atoms with Gasteiger partial charge in [0.15, 0.2) is 0 Å². The monoisotopic (exact) mass is 347 g/mol. The van der Waals surface area contributed by atoms with E-state index in [0.717, 1.165) is 22.2 Å². The first-order valence-electron chi connectivity index (χ1n) is 8.29. The molecule has 26 heavy (non-hydrogen) atoms. The highest BCUT2D eigenvalue weighted by Crippen LogP contribution is 2.32. The van der Waals surface area contributed by atoms with Gasteiger partial charge in [-0.05, 0) is 43.3 Å². The van der Waals surface area contributed by atoms with Crippen molar-refractivity contribution in [1.29, 1.82) is 0 Å². The predicted molar refractivity (Wildman–Crippen MR) is 98.2 cm³/mol. The molecule has 0 aliphatic heterocycles. The van der Waals surface area contributed by atoms with Crippen molar-refractivity contribution >= 4 is 10.9 Å². The zero-order valence-corrected chi connectivity index (χ0v) is 14.5. The van der Waals surface area contributed by atoms with E-state index in [1.54, 1.807) is 7.11 Å². The molecule has 6 nitrogen and oxygen atoms in total. The van der Waals surface area contributed by atoms with Gasteiger partial charge in [-0.3, -0.25) is 0 Å². The summed E-state index contributed by atoms with van der Waals surface area (Å²) >= 11 is 0. The van der Waals surface area contributed by atoms with Crippen LogP contribution in [-0.2, 0) is 0 Å². The Bertz CT molecular complexity index is 1040. The Morgan fingerprint density at radius 1 is 1.00 bits per heavy atom. The molecule has 2 aromatic carbocycles. The third kappa shape index (κ3) is 2.97. The molecule has 0 aliphatic carbocycles. The molecule has 0 fully saturated rings. The van der Waals surface area contributed by atoms with Gasteiger partial charge in [0, 0.05) is 10.9 Å². The predicted octanol–water partition coefficient (Wildman–Crippen LogP) is 4.36. The fraction of sp³-hybridized carbons (Fsp3) is 0.150. The van der Waals surface area contributed by atoms with Crippen LogP contribution < -0.4 is 9.47 Å². The van der Waals surface area contributed by atoms with E-state index in [9.17, 15) is 0 Å². The summed E-state index contributed by atoms with van der Waals surface area (Å²) in [4.78, 5) is 9.11. The van der Waals surface area contributed by atoms with Gasteiger partial charge in [0.2, 0.25) is 11.7 Å². The summed E-state index contributed by atoms with van der Waals surface area (Å²) in [5.41, 5.74) is 2.35. The molecular formula is C20H17N3O3. The lowest BCUT2D eigenvalue weighted by Gasteiger charge is -2.09. The molecule has 2 heterocycles. The molecule has 0 aliphatic rings. The van der Waals surface area contributed by atoms with Crippen LogP contribution >= 0.6 is 0 Å². The van der Waals surface area contributed by atoms with E-state index < -0.39 is 0 Å². The van der Waals surface area contributed by atoms with E-state index in [1.807, 2.05) is 61.5 Å². The summed E-state index contributed by atoms with van der Waals surface area (Å²) < 4.78 is 16.4. The Morgan fingerprint density at radius 3 is 2.62 bits per heavy atom. The maximum Gasteiger partial charge on any atom is 0.258 e. The lowest BCUT2D eigenvalue weighted by Crippen LogP contribution is -1.98. The van der Waals surface area contributed by atoms with Gasteiger partial charge in [0.25, 0.3) is 5.89 Å². The zero-order valence-electron chi connectivity index (χ0n) is 14.5. The van der Waals surface area contributed by atoms with Crippen molar-refractivity contribution in [3.05, 3.63) is 54.6 Å². The Balaban J connectivity index is 1.83. The molecule has 4 rings (SSSR count). The number of methoxy groups -OCH3 is 1. The number of ether oxygens (including phenoxy) is 2. The van der Waals surface area contributed by atoms with Crippen LogP contribution in [-0.4, -0.2) is 28.8 Å². The highest BCUT2D eigenvalue weighted by Gasteiger charge is 2.17. The van der Waals surface area contributed by atoms with E-state index in [0.29, 0.717) is 29.8 Å². The SMILES string of the molecule is CCOc1nc2ccc(OC)cc2cc1-c1noc(-c2ccccc2)n1. The van der Waals surface area contributed by atoms with Crippen molar-refractivity contribution in [2.45, 2.75) is 6.92 Å². The van der Waals surface area contributed by atoms with Crippen molar-refractivity contribution in [1.82, 2.24) is 15.1 Å². The average molecular weight is 347 g/mol. The van der Waals surface area contributed by atoms with E-state index in [1.165, 1.54) is 0 Å². The zero-order chi connectivity index (χ0) is 17.9. The van der Waals surface area contributed by atoms with Crippen LogP contribution in [0.4, 0.5) is 0 Å². The minimum atomic E-state index is 0.435. The topological polar surface area (TPSA) is 70.3 Å². The van der Waals surface area contributed by atoms with Crippen molar-refractivity contribution in [2.24, 2.45) is 0 Å². The molecule has 0 radical (unpaired) electrons. The van der Waals surface area contributed by atoms with E-state index >= 15 is 0 Å². The number of hydrogen-bond acceptors (Lipinski definition) is 6. The Kier molecular flexibility index (Phi) is 4.23. The highest BCUT2D eigenvalue weighted by molar-refractivity contribution is 5.86. The van der Waals surface area contributed by atoms with Gasteiger partial charge in [-0.1, -0.05) is 23.4 Å². The highest BCUT2D eigenvalue weighted by atomic mass is 16.5. The molecule has 0 atom stereocenters. The number of fused-ring (bicyclic) bond motifs is 1. The molecule has 0 saturated carbocycles. The fourth-order valence-electron chi connectivity index (χ4n) is 2.70. The Labute approximate surface area is 150 Å². The molecule has 0 unspecified atom stereocenters. The van der Waals surface area contributed by atoms with Crippen LogP contribution in [0.1, 0.15) is 6.92 Å². The van der Waals surface area contributed by atoms with Gasteiger partial charge in [-0.25, -0.2) is 4.98 Å². The standard InChI is InChI=1S/C20H17N3O3/c1-3-25-20-16(12-14-11-15(24-2)9-10-17(14)21-20)18-22-19(26-23-18)13-7-5-4-6-8-13/h4-12H,3H2,1-2H3. The van der Waals surface area contributed by atoms with Crippen molar-refractivity contribution in [3.63, 3.8) is 0 Å². The first-order chi connectivity index (χ1) is 12.8. The van der Waals surface area contributed by atoms with Gasteiger partial charge < -0.3 is 14.0 Å².